The van der Waals surface area contributed by atoms with Gasteiger partial charge in [0, 0.05) is 22.0 Å². The smallest absolute Gasteiger partial charge is 0.309 e. The second-order valence-electron chi connectivity index (χ2n) is 5.84. The van der Waals surface area contributed by atoms with Gasteiger partial charge in [-0.3, -0.25) is 4.79 Å². The summed E-state index contributed by atoms with van der Waals surface area (Å²) in [5.41, 5.74) is 2.16. The number of carbonyl (C=O) groups is 1. The molecule has 1 aliphatic heterocycles. The standard InChI is InChI=1S/C19H15Cl2FO3/c20-12-7-17(11-1-3-13(22)4-2-11)16(18(21)8-12)6-5-15-9-14(23)10-19(24)25-15/h1-8,14-15,23H,9-10H2/b6-5+. The van der Waals surface area contributed by atoms with Crippen molar-refractivity contribution in [2.24, 2.45) is 0 Å². The van der Waals surface area contributed by atoms with Crippen molar-refractivity contribution in [1.82, 2.24) is 0 Å². The Labute approximate surface area is 154 Å². The Balaban J connectivity index is 1.96. The van der Waals surface area contributed by atoms with E-state index in [9.17, 15) is 14.3 Å². The Hall–Kier alpha value is -1.88. The number of hydrogen-bond donors (Lipinski definition) is 1. The van der Waals surface area contributed by atoms with Crippen LogP contribution in [-0.2, 0) is 9.53 Å². The van der Waals surface area contributed by atoms with Crippen LogP contribution < -0.4 is 0 Å². The minimum atomic E-state index is -0.715. The molecule has 2 aromatic rings. The first-order valence-electron chi connectivity index (χ1n) is 7.73. The van der Waals surface area contributed by atoms with Gasteiger partial charge in [-0.25, -0.2) is 4.39 Å². The van der Waals surface area contributed by atoms with E-state index in [1.54, 1.807) is 36.4 Å². The molecule has 1 saturated heterocycles. The average Bonchev–Trinajstić information content (AvgIpc) is 2.53. The Bertz CT molecular complexity index is 818. The second-order valence-corrected chi connectivity index (χ2v) is 6.68. The molecule has 130 valence electrons. The fourth-order valence-electron chi connectivity index (χ4n) is 2.75. The summed E-state index contributed by atoms with van der Waals surface area (Å²) in [7, 11) is 0. The largest absolute Gasteiger partial charge is 0.458 e. The normalized spacial score (nSPS) is 20.7. The van der Waals surface area contributed by atoms with Gasteiger partial charge in [0.05, 0.1) is 12.5 Å². The number of cyclic esters (lactones) is 1. The number of halogens is 3. The molecule has 2 unspecified atom stereocenters. The van der Waals surface area contributed by atoms with Crippen LogP contribution in [0.3, 0.4) is 0 Å². The van der Waals surface area contributed by atoms with Crippen LogP contribution in [0.15, 0.2) is 42.5 Å². The third kappa shape index (κ3) is 4.40. The molecule has 1 heterocycles. The molecule has 1 fully saturated rings. The van der Waals surface area contributed by atoms with Gasteiger partial charge in [-0.05, 0) is 41.5 Å². The van der Waals surface area contributed by atoms with Gasteiger partial charge in [-0.15, -0.1) is 0 Å². The van der Waals surface area contributed by atoms with E-state index in [-0.39, 0.29) is 12.2 Å². The van der Waals surface area contributed by atoms with Crippen LogP contribution in [0.2, 0.25) is 10.0 Å². The zero-order chi connectivity index (χ0) is 18.0. The molecule has 1 N–H and O–H groups in total. The van der Waals surface area contributed by atoms with Crippen LogP contribution in [0.25, 0.3) is 17.2 Å². The van der Waals surface area contributed by atoms with E-state index in [4.69, 9.17) is 27.9 Å². The number of hydrogen-bond acceptors (Lipinski definition) is 3. The molecule has 6 heteroatoms. The highest BCUT2D eigenvalue weighted by Crippen LogP contribution is 2.34. The van der Waals surface area contributed by atoms with E-state index < -0.39 is 18.2 Å². The Kier molecular flexibility index (Phi) is 5.42. The zero-order valence-corrected chi connectivity index (χ0v) is 14.6. The lowest BCUT2D eigenvalue weighted by Gasteiger charge is -2.23. The molecule has 2 atom stereocenters. The lowest BCUT2D eigenvalue weighted by molar-refractivity contribution is -0.156. The molecule has 0 aliphatic carbocycles. The maximum atomic E-state index is 13.2. The number of aliphatic hydroxyl groups is 1. The summed E-state index contributed by atoms with van der Waals surface area (Å²) in [4.78, 5) is 11.4. The van der Waals surface area contributed by atoms with Crippen molar-refractivity contribution < 1.29 is 19.0 Å². The molecule has 0 aromatic heterocycles. The number of aliphatic hydroxyl groups excluding tert-OH is 1. The first-order chi connectivity index (χ1) is 11.9. The summed E-state index contributed by atoms with van der Waals surface area (Å²) in [5.74, 6) is -0.772. The molecule has 0 bridgehead atoms. The summed E-state index contributed by atoms with van der Waals surface area (Å²) in [6.07, 6.45) is 2.51. The number of rotatable bonds is 3. The summed E-state index contributed by atoms with van der Waals surface area (Å²) < 4.78 is 18.4. The highest BCUT2D eigenvalue weighted by Gasteiger charge is 2.25. The molecule has 1 aliphatic rings. The van der Waals surface area contributed by atoms with Gasteiger partial charge in [-0.1, -0.05) is 41.4 Å². The molecular formula is C19H15Cl2FO3. The highest BCUT2D eigenvalue weighted by molar-refractivity contribution is 6.36. The summed E-state index contributed by atoms with van der Waals surface area (Å²) in [6.45, 7) is 0. The van der Waals surface area contributed by atoms with E-state index in [2.05, 4.69) is 0 Å². The van der Waals surface area contributed by atoms with Crippen LogP contribution >= 0.6 is 23.2 Å². The minimum absolute atomic E-state index is 0.00682. The van der Waals surface area contributed by atoms with E-state index in [1.165, 1.54) is 12.1 Å². The molecule has 0 amide bonds. The van der Waals surface area contributed by atoms with Crippen LogP contribution in [0.1, 0.15) is 18.4 Å². The van der Waals surface area contributed by atoms with Crippen molar-refractivity contribution >= 4 is 35.2 Å². The van der Waals surface area contributed by atoms with E-state index in [0.717, 1.165) is 11.1 Å². The zero-order valence-electron chi connectivity index (χ0n) is 13.1. The third-order valence-electron chi connectivity index (χ3n) is 3.92. The average molecular weight is 381 g/mol. The molecular weight excluding hydrogens is 366 g/mol. The lowest BCUT2D eigenvalue weighted by atomic mass is 9.98. The van der Waals surface area contributed by atoms with Crippen molar-refractivity contribution in [2.75, 3.05) is 0 Å². The topological polar surface area (TPSA) is 46.5 Å². The fraction of sp³-hybridized carbons (Fsp3) is 0.211. The first kappa shape index (κ1) is 17.9. The predicted molar refractivity (Wildman–Crippen MR) is 96.0 cm³/mol. The quantitative estimate of drug-likeness (QED) is 0.771. The lowest BCUT2D eigenvalue weighted by Crippen LogP contribution is -2.31. The highest BCUT2D eigenvalue weighted by atomic mass is 35.5. The molecule has 0 radical (unpaired) electrons. The Morgan fingerprint density at radius 2 is 1.92 bits per heavy atom. The van der Waals surface area contributed by atoms with Gasteiger partial charge < -0.3 is 9.84 Å². The number of carbonyl (C=O) groups excluding carboxylic acids is 1. The monoisotopic (exact) mass is 380 g/mol. The van der Waals surface area contributed by atoms with Crippen LogP contribution in [-0.4, -0.2) is 23.3 Å². The number of ether oxygens (including phenoxy) is 1. The molecule has 0 spiro atoms. The summed E-state index contributed by atoms with van der Waals surface area (Å²) in [6, 6.07) is 9.34. The van der Waals surface area contributed by atoms with Crippen molar-refractivity contribution in [2.45, 2.75) is 25.0 Å². The van der Waals surface area contributed by atoms with E-state index >= 15 is 0 Å². The molecule has 3 nitrogen and oxygen atoms in total. The van der Waals surface area contributed by atoms with Gasteiger partial charge in [0.25, 0.3) is 0 Å². The van der Waals surface area contributed by atoms with Crippen molar-refractivity contribution in [3.8, 4) is 11.1 Å². The molecule has 2 aromatic carbocycles. The minimum Gasteiger partial charge on any atom is -0.458 e. The summed E-state index contributed by atoms with van der Waals surface area (Å²) >= 11 is 12.4. The predicted octanol–water partition coefficient (Wildman–Crippen LogP) is 4.88. The van der Waals surface area contributed by atoms with Crippen LogP contribution in [0.5, 0.6) is 0 Å². The van der Waals surface area contributed by atoms with Crippen molar-refractivity contribution in [3.63, 3.8) is 0 Å². The molecule has 0 saturated carbocycles. The van der Waals surface area contributed by atoms with Gasteiger partial charge in [0.2, 0.25) is 0 Å². The van der Waals surface area contributed by atoms with Crippen molar-refractivity contribution in [1.29, 1.82) is 0 Å². The number of benzene rings is 2. The van der Waals surface area contributed by atoms with E-state index in [1.807, 2.05) is 0 Å². The third-order valence-corrected chi connectivity index (χ3v) is 4.45. The van der Waals surface area contributed by atoms with Gasteiger partial charge >= 0.3 is 5.97 Å². The maximum Gasteiger partial charge on any atom is 0.309 e. The Morgan fingerprint density at radius 1 is 1.20 bits per heavy atom. The van der Waals surface area contributed by atoms with Gasteiger partial charge in [-0.2, -0.15) is 0 Å². The SMILES string of the molecule is O=C1CC(O)CC(/C=C/c2c(Cl)cc(Cl)cc2-c2ccc(F)cc2)O1. The molecule has 3 rings (SSSR count). The molecule has 25 heavy (non-hydrogen) atoms. The number of esters is 1. The van der Waals surface area contributed by atoms with Crippen molar-refractivity contribution in [3.05, 3.63) is 63.9 Å². The Morgan fingerprint density at radius 3 is 2.60 bits per heavy atom. The van der Waals surface area contributed by atoms with Crippen LogP contribution in [0, 0.1) is 5.82 Å². The first-order valence-corrected chi connectivity index (χ1v) is 8.48. The maximum absolute atomic E-state index is 13.2. The van der Waals surface area contributed by atoms with Crippen LogP contribution in [0.4, 0.5) is 4.39 Å². The fourth-order valence-corrected chi connectivity index (χ4v) is 3.31. The van der Waals surface area contributed by atoms with Gasteiger partial charge in [0.15, 0.2) is 0 Å². The van der Waals surface area contributed by atoms with Gasteiger partial charge in [0.1, 0.15) is 11.9 Å². The second kappa shape index (κ2) is 7.56. The summed E-state index contributed by atoms with van der Waals surface area (Å²) in [5, 5.41) is 10.6. The van der Waals surface area contributed by atoms with E-state index in [0.29, 0.717) is 22.0 Å².